The van der Waals surface area contributed by atoms with Crippen LogP contribution in [0.4, 0.5) is 0 Å². The summed E-state index contributed by atoms with van der Waals surface area (Å²) in [6.07, 6.45) is 4.14. The number of morpholine rings is 1. The van der Waals surface area contributed by atoms with E-state index in [1.165, 1.54) is 43.5 Å². The molecular weight excluding hydrogens is 248 g/mol. The van der Waals surface area contributed by atoms with Gasteiger partial charge in [0.25, 0.3) is 0 Å². The van der Waals surface area contributed by atoms with Crippen LogP contribution in [-0.2, 0) is 4.74 Å². The van der Waals surface area contributed by atoms with Gasteiger partial charge in [0, 0.05) is 13.1 Å². The number of hydrogen-bond donors (Lipinski definition) is 1. The van der Waals surface area contributed by atoms with Gasteiger partial charge in [-0.15, -0.1) is 0 Å². The van der Waals surface area contributed by atoms with Gasteiger partial charge in [0.1, 0.15) is 0 Å². The first kappa shape index (κ1) is 14.1. The van der Waals surface area contributed by atoms with Crippen molar-refractivity contribution in [1.29, 1.82) is 0 Å². The van der Waals surface area contributed by atoms with E-state index in [-0.39, 0.29) is 6.10 Å². The van der Waals surface area contributed by atoms with E-state index in [2.05, 4.69) is 41.5 Å². The van der Waals surface area contributed by atoms with E-state index in [1.807, 2.05) is 0 Å². The molecule has 1 aromatic rings. The molecule has 0 saturated carbocycles. The van der Waals surface area contributed by atoms with Crippen LogP contribution < -0.4 is 5.32 Å². The first-order chi connectivity index (χ1) is 9.83. The van der Waals surface area contributed by atoms with E-state index < -0.39 is 0 Å². The summed E-state index contributed by atoms with van der Waals surface area (Å²) < 4.78 is 5.88. The summed E-state index contributed by atoms with van der Waals surface area (Å²) >= 11 is 0. The topological polar surface area (TPSA) is 24.5 Å². The molecule has 2 aliphatic rings. The van der Waals surface area contributed by atoms with E-state index in [9.17, 15) is 0 Å². The van der Waals surface area contributed by atoms with Crippen molar-refractivity contribution in [1.82, 2.24) is 10.2 Å². The predicted octanol–water partition coefficient (Wildman–Crippen LogP) is 2.55. The Labute approximate surface area is 122 Å². The van der Waals surface area contributed by atoms with Gasteiger partial charge in [-0.05, 0) is 56.4 Å². The molecule has 0 radical (unpaired) electrons. The Kier molecular flexibility index (Phi) is 4.71. The van der Waals surface area contributed by atoms with Crippen LogP contribution in [0, 0.1) is 0 Å². The fourth-order valence-electron chi connectivity index (χ4n) is 3.37. The Balaban J connectivity index is 1.72. The minimum atomic E-state index is 0.233. The lowest BCUT2D eigenvalue weighted by Crippen LogP contribution is -2.33. The van der Waals surface area contributed by atoms with Gasteiger partial charge in [0.15, 0.2) is 0 Å². The second-order valence-corrected chi connectivity index (χ2v) is 6.16. The molecule has 2 heterocycles. The van der Waals surface area contributed by atoms with Crippen molar-refractivity contribution in [2.75, 3.05) is 39.8 Å². The summed E-state index contributed by atoms with van der Waals surface area (Å²) in [5, 5.41) is 3.42. The molecule has 1 N–H and O–H groups in total. The predicted molar refractivity (Wildman–Crippen MR) is 82.1 cm³/mol. The van der Waals surface area contributed by atoms with Gasteiger partial charge in [-0.3, -0.25) is 0 Å². The highest BCUT2D eigenvalue weighted by atomic mass is 16.5. The number of nitrogens with zero attached hydrogens (tertiary/aromatic N) is 1. The summed E-state index contributed by atoms with van der Waals surface area (Å²) in [5.74, 6) is 0.719. The summed E-state index contributed by atoms with van der Waals surface area (Å²) in [5.41, 5.74) is 2.85. The molecule has 0 amide bonds. The third-order valence-corrected chi connectivity index (χ3v) is 4.63. The minimum Gasteiger partial charge on any atom is -0.371 e. The molecule has 110 valence electrons. The molecular formula is C17H26N2O. The van der Waals surface area contributed by atoms with Gasteiger partial charge in [0.2, 0.25) is 0 Å². The average molecular weight is 274 g/mol. The van der Waals surface area contributed by atoms with Crippen molar-refractivity contribution in [2.24, 2.45) is 0 Å². The molecule has 2 fully saturated rings. The third kappa shape index (κ3) is 3.40. The molecule has 3 nitrogen and oxygen atoms in total. The van der Waals surface area contributed by atoms with Gasteiger partial charge < -0.3 is 15.0 Å². The maximum atomic E-state index is 5.88. The van der Waals surface area contributed by atoms with Gasteiger partial charge >= 0.3 is 0 Å². The average Bonchev–Trinajstić information content (AvgIpc) is 2.73. The van der Waals surface area contributed by atoms with Crippen molar-refractivity contribution in [3.05, 3.63) is 35.4 Å². The normalized spacial score (nSPS) is 29.1. The second kappa shape index (κ2) is 6.70. The van der Waals surface area contributed by atoms with Crippen molar-refractivity contribution >= 4 is 0 Å². The van der Waals surface area contributed by atoms with Crippen molar-refractivity contribution in [3.63, 3.8) is 0 Å². The smallest absolute Gasteiger partial charge is 0.0949 e. The summed E-state index contributed by atoms with van der Waals surface area (Å²) in [7, 11) is 2.24. The van der Waals surface area contributed by atoms with Crippen LogP contribution in [0.3, 0.4) is 0 Å². The van der Waals surface area contributed by atoms with E-state index >= 15 is 0 Å². The summed E-state index contributed by atoms with van der Waals surface area (Å²) in [6.45, 7) is 5.20. The maximum absolute atomic E-state index is 5.88. The summed E-state index contributed by atoms with van der Waals surface area (Å²) in [6, 6.07) is 9.10. The molecule has 1 aromatic carbocycles. The number of rotatable bonds is 2. The standard InChI is InChI=1S/C17H26N2O/c1-19-9-3-6-14(7-10-19)15-4-2-5-16(12-15)17-13-18-8-11-20-17/h2,4-5,12,14,17-18H,3,6-11,13H2,1H3. The minimum absolute atomic E-state index is 0.233. The quantitative estimate of drug-likeness (QED) is 0.897. The van der Waals surface area contributed by atoms with Gasteiger partial charge in [-0.25, -0.2) is 0 Å². The fourth-order valence-corrected chi connectivity index (χ4v) is 3.37. The molecule has 0 aromatic heterocycles. The highest BCUT2D eigenvalue weighted by molar-refractivity contribution is 5.28. The Morgan fingerprint density at radius 1 is 1.20 bits per heavy atom. The van der Waals surface area contributed by atoms with Crippen LogP contribution in [0.2, 0.25) is 0 Å². The Morgan fingerprint density at radius 3 is 2.95 bits per heavy atom. The molecule has 3 rings (SSSR count). The number of benzene rings is 1. The van der Waals surface area contributed by atoms with Crippen LogP contribution in [0.1, 0.15) is 42.4 Å². The summed E-state index contributed by atoms with van der Waals surface area (Å²) in [4.78, 5) is 2.46. The van der Waals surface area contributed by atoms with Crippen molar-refractivity contribution in [3.8, 4) is 0 Å². The second-order valence-electron chi connectivity index (χ2n) is 6.16. The van der Waals surface area contributed by atoms with Crippen LogP contribution >= 0.6 is 0 Å². The third-order valence-electron chi connectivity index (χ3n) is 4.63. The lowest BCUT2D eigenvalue weighted by Gasteiger charge is -2.25. The lowest BCUT2D eigenvalue weighted by atomic mass is 9.90. The fraction of sp³-hybridized carbons (Fsp3) is 0.647. The zero-order chi connectivity index (χ0) is 13.8. The van der Waals surface area contributed by atoms with Gasteiger partial charge in [-0.1, -0.05) is 24.3 Å². The highest BCUT2D eigenvalue weighted by Gasteiger charge is 2.19. The Bertz CT molecular complexity index is 429. The van der Waals surface area contributed by atoms with E-state index in [0.29, 0.717) is 0 Å². The lowest BCUT2D eigenvalue weighted by molar-refractivity contribution is 0.0276. The molecule has 2 atom stereocenters. The van der Waals surface area contributed by atoms with E-state index in [4.69, 9.17) is 4.74 Å². The van der Waals surface area contributed by atoms with Gasteiger partial charge in [0.05, 0.1) is 12.7 Å². The molecule has 3 heteroatoms. The Morgan fingerprint density at radius 2 is 2.10 bits per heavy atom. The molecule has 20 heavy (non-hydrogen) atoms. The number of ether oxygens (including phenoxy) is 1. The number of nitrogens with one attached hydrogen (secondary N) is 1. The molecule has 2 saturated heterocycles. The zero-order valence-corrected chi connectivity index (χ0v) is 12.5. The van der Waals surface area contributed by atoms with Crippen LogP contribution in [0.15, 0.2) is 24.3 Å². The number of hydrogen-bond acceptors (Lipinski definition) is 3. The van der Waals surface area contributed by atoms with Crippen LogP contribution in [0.25, 0.3) is 0 Å². The SMILES string of the molecule is CN1CCCC(c2cccc(C3CNCCO3)c2)CC1. The molecule has 0 spiro atoms. The van der Waals surface area contributed by atoms with Crippen LogP contribution in [-0.4, -0.2) is 44.7 Å². The van der Waals surface area contributed by atoms with Crippen molar-refractivity contribution < 1.29 is 4.74 Å². The first-order valence-corrected chi connectivity index (χ1v) is 7.93. The number of likely N-dealkylation sites (tertiary alicyclic amines) is 1. The molecule has 2 aliphatic heterocycles. The maximum Gasteiger partial charge on any atom is 0.0949 e. The molecule has 0 aliphatic carbocycles. The molecule has 0 bridgehead atoms. The first-order valence-electron chi connectivity index (χ1n) is 7.93. The highest BCUT2D eigenvalue weighted by Crippen LogP contribution is 2.30. The zero-order valence-electron chi connectivity index (χ0n) is 12.5. The largest absolute Gasteiger partial charge is 0.371 e. The van der Waals surface area contributed by atoms with E-state index in [1.54, 1.807) is 0 Å². The van der Waals surface area contributed by atoms with Gasteiger partial charge in [-0.2, -0.15) is 0 Å². The van der Waals surface area contributed by atoms with Crippen LogP contribution in [0.5, 0.6) is 0 Å². The van der Waals surface area contributed by atoms with E-state index in [0.717, 1.165) is 25.6 Å². The van der Waals surface area contributed by atoms with Crippen molar-refractivity contribution in [2.45, 2.75) is 31.3 Å². The monoisotopic (exact) mass is 274 g/mol. The molecule has 2 unspecified atom stereocenters. The Hall–Kier alpha value is -0.900.